The Hall–Kier alpha value is -3.37. The molecule has 0 saturated carbocycles. The SMILES string of the molecule is CC(=O)NCc1ccc(C(=O)COC(=O)c2cc3c(C)nn(-c4ccc(F)cc4)c3s2)s1. The van der Waals surface area contributed by atoms with Gasteiger partial charge >= 0.3 is 5.97 Å². The highest BCUT2D eigenvalue weighted by Crippen LogP contribution is 2.31. The Bertz CT molecular complexity index is 1320. The van der Waals surface area contributed by atoms with E-state index in [2.05, 4.69) is 10.4 Å². The summed E-state index contributed by atoms with van der Waals surface area (Å²) >= 11 is 2.44. The van der Waals surface area contributed by atoms with Gasteiger partial charge in [0.25, 0.3) is 0 Å². The van der Waals surface area contributed by atoms with Crippen LogP contribution < -0.4 is 5.32 Å². The number of Topliss-reactive ketones (excluding diaryl/α,β-unsaturated/α-hetero) is 1. The molecule has 0 fully saturated rings. The minimum atomic E-state index is -0.598. The number of rotatable bonds is 7. The molecule has 1 N–H and O–H groups in total. The molecular formula is C22H18FN3O4S2. The first-order valence-electron chi connectivity index (χ1n) is 9.60. The molecule has 0 saturated heterocycles. The number of esters is 1. The molecule has 3 heterocycles. The number of hydrogen-bond donors (Lipinski definition) is 1. The minimum Gasteiger partial charge on any atom is -0.453 e. The van der Waals surface area contributed by atoms with Gasteiger partial charge < -0.3 is 10.1 Å². The topological polar surface area (TPSA) is 90.3 Å². The van der Waals surface area contributed by atoms with Crippen LogP contribution in [0, 0.1) is 12.7 Å². The predicted molar refractivity (Wildman–Crippen MR) is 120 cm³/mol. The van der Waals surface area contributed by atoms with Gasteiger partial charge in [0.1, 0.15) is 15.5 Å². The molecule has 0 aliphatic rings. The number of carbonyl (C=O) groups is 3. The Labute approximate surface area is 190 Å². The van der Waals surface area contributed by atoms with E-state index in [0.29, 0.717) is 22.0 Å². The number of nitrogens with one attached hydrogen (secondary N) is 1. The Morgan fingerprint density at radius 3 is 2.56 bits per heavy atom. The number of aromatic nitrogens is 2. The van der Waals surface area contributed by atoms with Crippen molar-refractivity contribution in [2.24, 2.45) is 0 Å². The molecule has 0 atom stereocenters. The maximum atomic E-state index is 13.2. The number of amides is 1. The molecule has 0 radical (unpaired) electrons. The van der Waals surface area contributed by atoms with Crippen LogP contribution in [0.5, 0.6) is 0 Å². The first-order chi connectivity index (χ1) is 15.3. The van der Waals surface area contributed by atoms with Crippen molar-refractivity contribution in [3.63, 3.8) is 0 Å². The van der Waals surface area contributed by atoms with Crippen LogP contribution in [0.1, 0.15) is 36.8 Å². The van der Waals surface area contributed by atoms with Gasteiger partial charge in [-0.05, 0) is 49.4 Å². The summed E-state index contributed by atoms with van der Waals surface area (Å²) in [5.41, 5.74) is 1.40. The highest BCUT2D eigenvalue weighted by Gasteiger charge is 2.20. The zero-order chi connectivity index (χ0) is 22.8. The van der Waals surface area contributed by atoms with Crippen LogP contribution >= 0.6 is 22.7 Å². The summed E-state index contributed by atoms with van der Waals surface area (Å²) in [7, 11) is 0. The summed E-state index contributed by atoms with van der Waals surface area (Å²) < 4.78 is 20.1. The maximum Gasteiger partial charge on any atom is 0.348 e. The molecule has 32 heavy (non-hydrogen) atoms. The number of carbonyl (C=O) groups excluding carboxylic acids is 3. The second-order valence-electron chi connectivity index (χ2n) is 6.98. The van der Waals surface area contributed by atoms with Gasteiger partial charge in [-0.15, -0.1) is 22.7 Å². The highest BCUT2D eigenvalue weighted by molar-refractivity contribution is 7.20. The Morgan fingerprint density at radius 1 is 1.09 bits per heavy atom. The van der Waals surface area contributed by atoms with Crippen LogP contribution in [0.2, 0.25) is 0 Å². The highest BCUT2D eigenvalue weighted by atomic mass is 32.1. The smallest absolute Gasteiger partial charge is 0.348 e. The first kappa shape index (κ1) is 21.8. The molecule has 10 heteroatoms. The van der Waals surface area contributed by atoms with E-state index in [1.807, 2.05) is 6.92 Å². The quantitative estimate of drug-likeness (QED) is 0.321. The average Bonchev–Trinajstić information content (AvgIpc) is 3.48. The molecule has 4 aromatic rings. The van der Waals surface area contributed by atoms with Crippen LogP contribution in [-0.2, 0) is 16.1 Å². The van der Waals surface area contributed by atoms with Crippen LogP contribution in [0.15, 0.2) is 42.5 Å². The molecule has 3 aromatic heterocycles. The molecule has 0 aliphatic heterocycles. The molecule has 0 spiro atoms. The van der Waals surface area contributed by atoms with Crippen LogP contribution in [0.4, 0.5) is 4.39 Å². The Balaban J connectivity index is 1.45. The number of ketones is 1. The van der Waals surface area contributed by atoms with Gasteiger partial charge in [-0.2, -0.15) is 5.10 Å². The zero-order valence-electron chi connectivity index (χ0n) is 17.2. The maximum absolute atomic E-state index is 13.2. The van der Waals surface area contributed by atoms with E-state index in [1.165, 1.54) is 41.7 Å². The molecule has 7 nitrogen and oxygen atoms in total. The number of thiophene rings is 2. The van der Waals surface area contributed by atoms with Crippen LogP contribution in [0.25, 0.3) is 15.9 Å². The lowest BCUT2D eigenvalue weighted by Crippen LogP contribution is -2.18. The number of fused-ring (bicyclic) bond motifs is 1. The third kappa shape index (κ3) is 4.61. The number of benzene rings is 1. The van der Waals surface area contributed by atoms with Gasteiger partial charge in [-0.25, -0.2) is 13.9 Å². The zero-order valence-corrected chi connectivity index (χ0v) is 18.8. The number of halogens is 1. The molecule has 1 aromatic carbocycles. The van der Waals surface area contributed by atoms with Gasteiger partial charge in [0.2, 0.25) is 11.7 Å². The lowest BCUT2D eigenvalue weighted by Gasteiger charge is -2.03. The van der Waals surface area contributed by atoms with Crippen LogP contribution in [0.3, 0.4) is 0 Å². The fraction of sp³-hybridized carbons (Fsp3) is 0.182. The van der Waals surface area contributed by atoms with Crippen molar-refractivity contribution in [3.8, 4) is 5.69 Å². The Morgan fingerprint density at radius 2 is 1.84 bits per heavy atom. The largest absolute Gasteiger partial charge is 0.453 e. The molecular weight excluding hydrogens is 453 g/mol. The summed E-state index contributed by atoms with van der Waals surface area (Å²) in [5.74, 6) is -1.41. The third-order valence-electron chi connectivity index (χ3n) is 4.60. The van der Waals surface area contributed by atoms with Crippen molar-refractivity contribution in [3.05, 3.63) is 68.6 Å². The summed E-state index contributed by atoms with van der Waals surface area (Å²) in [6.07, 6.45) is 0. The summed E-state index contributed by atoms with van der Waals surface area (Å²) in [5, 5.41) is 7.93. The minimum absolute atomic E-state index is 0.152. The summed E-state index contributed by atoms with van der Waals surface area (Å²) in [6.45, 7) is 3.21. The van der Waals surface area contributed by atoms with E-state index >= 15 is 0 Å². The monoisotopic (exact) mass is 471 g/mol. The molecule has 4 rings (SSSR count). The summed E-state index contributed by atoms with van der Waals surface area (Å²) in [6, 6.07) is 11.0. The van der Waals surface area contributed by atoms with E-state index in [1.54, 1.807) is 35.0 Å². The molecule has 0 unspecified atom stereocenters. The molecule has 0 bridgehead atoms. The van der Waals surface area contributed by atoms with Gasteiger partial charge in [0, 0.05) is 17.2 Å². The van der Waals surface area contributed by atoms with Gasteiger partial charge in [0.15, 0.2) is 6.61 Å². The standard InChI is InChI=1S/C22H18FN3O4S2/c1-12-17-9-20(32-21(17)26(25-12)15-5-3-14(23)4-6-15)22(29)30-11-18(28)19-8-7-16(31-19)10-24-13(2)27/h3-9H,10-11H2,1-2H3,(H,24,27). The summed E-state index contributed by atoms with van der Waals surface area (Å²) in [4.78, 5) is 38.3. The van der Waals surface area contributed by atoms with Crippen LogP contribution in [-0.4, -0.2) is 34.0 Å². The molecule has 0 aliphatic carbocycles. The first-order valence-corrected chi connectivity index (χ1v) is 11.2. The lowest BCUT2D eigenvalue weighted by molar-refractivity contribution is -0.119. The van der Waals surface area contributed by atoms with Crippen molar-refractivity contribution in [2.75, 3.05) is 6.61 Å². The normalized spacial score (nSPS) is 11.0. The Kier molecular flexibility index (Phi) is 6.15. The van der Waals surface area contributed by atoms with Gasteiger partial charge in [-0.1, -0.05) is 0 Å². The van der Waals surface area contributed by atoms with E-state index in [-0.39, 0.29) is 24.1 Å². The fourth-order valence-corrected chi connectivity index (χ4v) is 4.96. The van der Waals surface area contributed by atoms with Crippen molar-refractivity contribution >= 4 is 50.5 Å². The lowest BCUT2D eigenvalue weighted by atomic mass is 10.3. The van der Waals surface area contributed by atoms with Crippen molar-refractivity contribution < 1.29 is 23.5 Å². The van der Waals surface area contributed by atoms with E-state index < -0.39 is 5.97 Å². The van der Waals surface area contributed by atoms with E-state index in [4.69, 9.17) is 4.74 Å². The van der Waals surface area contributed by atoms with E-state index in [0.717, 1.165) is 20.8 Å². The van der Waals surface area contributed by atoms with Crippen molar-refractivity contribution in [1.29, 1.82) is 0 Å². The fourth-order valence-electron chi connectivity index (χ4n) is 3.01. The third-order valence-corrected chi connectivity index (χ3v) is 6.82. The number of hydrogen-bond acceptors (Lipinski definition) is 7. The van der Waals surface area contributed by atoms with Gasteiger partial charge in [0.05, 0.1) is 22.8 Å². The van der Waals surface area contributed by atoms with Crippen molar-refractivity contribution in [2.45, 2.75) is 20.4 Å². The number of ether oxygens (including phenoxy) is 1. The average molecular weight is 472 g/mol. The van der Waals surface area contributed by atoms with Crippen molar-refractivity contribution in [1.82, 2.24) is 15.1 Å². The second-order valence-corrected chi connectivity index (χ2v) is 9.18. The second kappa shape index (κ2) is 9.01. The van der Waals surface area contributed by atoms with E-state index in [9.17, 15) is 18.8 Å². The molecule has 164 valence electrons. The predicted octanol–water partition coefficient (Wildman–Crippen LogP) is 4.27. The van der Waals surface area contributed by atoms with Gasteiger partial charge in [-0.3, -0.25) is 9.59 Å². The molecule has 1 amide bonds. The number of nitrogens with zero attached hydrogens (tertiary/aromatic N) is 2. The number of aryl methyl sites for hydroxylation is 1.